The molecule has 1 aliphatic heterocycles. The summed E-state index contributed by atoms with van der Waals surface area (Å²) in [5.41, 5.74) is 4.38. The van der Waals surface area contributed by atoms with Gasteiger partial charge < -0.3 is 19.5 Å². The number of nitrogens with one attached hydrogen (secondary N) is 1. The second kappa shape index (κ2) is 10.0. The van der Waals surface area contributed by atoms with Gasteiger partial charge in [-0.05, 0) is 72.1 Å². The number of hydrogen-bond acceptors (Lipinski definition) is 3. The predicted molar refractivity (Wildman–Crippen MR) is 134 cm³/mol. The maximum Gasteiger partial charge on any atom is 0.410 e. The monoisotopic (exact) mass is 453 g/mol. The molecule has 1 N–H and O–H groups in total. The van der Waals surface area contributed by atoms with Gasteiger partial charge in [-0.3, -0.25) is 4.79 Å². The molecule has 1 fully saturated rings. The summed E-state index contributed by atoms with van der Waals surface area (Å²) in [6, 6.07) is 8.89. The van der Waals surface area contributed by atoms with Gasteiger partial charge in [0.05, 0.1) is 5.92 Å². The Morgan fingerprint density at radius 3 is 2.58 bits per heavy atom. The smallest absolute Gasteiger partial charge is 0.410 e. The number of nitrogens with zero attached hydrogens (tertiary/aromatic N) is 2. The minimum atomic E-state index is -0.533. The zero-order valence-electron chi connectivity index (χ0n) is 21.2. The molecule has 1 saturated heterocycles. The normalized spacial score (nSPS) is 17.2. The zero-order chi connectivity index (χ0) is 24.3. The minimum Gasteiger partial charge on any atom is -0.444 e. The van der Waals surface area contributed by atoms with Crippen LogP contribution in [-0.4, -0.2) is 46.7 Å². The Kier molecular flexibility index (Phi) is 7.55. The molecule has 0 saturated carbocycles. The number of aromatic nitrogens is 1. The van der Waals surface area contributed by atoms with Gasteiger partial charge in [-0.1, -0.05) is 30.7 Å². The summed E-state index contributed by atoms with van der Waals surface area (Å²) in [7, 11) is 0. The number of para-hydroxylation sites is 1. The molecule has 1 unspecified atom stereocenters. The Morgan fingerprint density at radius 1 is 1.24 bits per heavy atom. The highest BCUT2D eigenvalue weighted by Gasteiger charge is 2.33. The average Bonchev–Trinajstić information content (AvgIpc) is 3.33. The van der Waals surface area contributed by atoms with Gasteiger partial charge in [0.15, 0.2) is 0 Å². The van der Waals surface area contributed by atoms with E-state index >= 15 is 0 Å². The van der Waals surface area contributed by atoms with E-state index in [-0.39, 0.29) is 17.9 Å². The van der Waals surface area contributed by atoms with Crippen LogP contribution in [-0.2, 0) is 16.0 Å². The molecule has 1 atom stereocenters. The standard InChI is InChI=1S/C27H39N3O3/c1-8-21-22-11-9-10-12-23(22)30(18(2)3)24(21)15-19(4)16-28-25(31)20-13-14-29(17-20)26(32)33-27(5,6)7/h9-12,15,18,20H,8,13-14,16-17H2,1-7H3,(H,28,31)/b19-15-. The lowest BCUT2D eigenvalue weighted by atomic mass is 10.1. The van der Waals surface area contributed by atoms with E-state index in [9.17, 15) is 9.59 Å². The number of hydrogen-bond donors (Lipinski definition) is 1. The predicted octanol–water partition coefficient (Wildman–Crippen LogP) is 5.56. The minimum absolute atomic E-state index is 0.00562. The van der Waals surface area contributed by atoms with Crippen molar-refractivity contribution in [3.63, 3.8) is 0 Å². The number of carbonyl (C=O) groups is 2. The van der Waals surface area contributed by atoms with E-state index in [1.54, 1.807) is 4.90 Å². The number of carbonyl (C=O) groups excluding carboxylic acids is 2. The maximum atomic E-state index is 12.8. The van der Waals surface area contributed by atoms with Crippen molar-refractivity contribution in [1.82, 2.24) is 14.8 Å². The fourth-order valence-electron chi connectivity index (χ4n) is 4.56. The zero-order valence-corrected chi connectivity index (χ0v) is 21.2. The summed E-state index contributed by atoms with van der Waals surface area (Å²) in [5.74, 6) is -0.201. The van der Waals surface area contributed by atoms with Crippen molar-refractivity contribution in [2.24, 2.45) is 5.92 Å². The van der Waals surface area contributed by atoms with Crippen molar-refractivity contribution in [2.45, 2.75) is 73.0 Å². The van der Waals surface area contributed by atoms with Crippen molar-refractivity contribution in [1.29, 1.82) is 0 Å². The first kappa shape index (κ1) is 24.9. The molecule has 0 bridgehead atoms. The van der Waals surface area contributed by atoms with Crippen LogP contribution in [0.3, 0.4) is 0 Å². The van der Waals surface area contributed by atoms with Gasteiger partial charge in [0.2, 0.25) is 5.91 Å². The number of amides is 2. The van der Waals surface area contributed by atoms with Crippen LogP contribution in [0.1, 0.15) is 72.2 Å². The Bertz CT molecular complexity index is 1040. The lowest BCUT2D eigenvalue weighted by molar-refractivity contribution is -0.124. The molecule has 2 aromatic rings. The van der Waals surface area contributed by atoms with Gasteiger partial charge in [-0.2, -0.15) is 0 Å². The second-order valence-corrected chi connectivity index (χ2v) is 10.3. The molecule has 1 aromatic heterocycles. The second-order valence-electron chi connectivity index (χ2n) is 10.3. The Labute approximate surface area is 198 Å². The summed E-state index contributed by atoms with van der Waals surface area (Å²) in [6.45, 7) is 15.7. The molecule has 1 aliphatic rings. The molecule has 0 spiro atoms. The Balaban J connectivity index is 1.68. The van der Waals surface area contributed by atoms with Crippen LogP contribution in [0, 0.1) is 5.92 Å². The van der Waals surface area contributed by atoms with Gasteiger partial charge in [0.25, 0.3) is 0 Å². The van der Waals surface area contributed by atoms with Crippen LogP contribution in [0.25, 0.3) is 17.0 Å². The first-order valence-electron chi connectivity index (χ1n) is 12.1. The largest absolute Gasteiger partial charge is 0.444 e. The fourth-order valence-corrected chi connectivity index (χ4v) is 4.56. The van der Waals surface area contributed by atoms with Crippen molar-refractivity contribution in [3.05, 3.63) is 41.1 Å². The van der Waals surface area contributed by atoms with E-state index in [2.05, 4.69) is 67.9 Å². The Morgan fingerprint density at radius 2 is 1.94 bits per heavy atom. The molecule has 0 radical (unpaired) electrons. The third kappa shape index (κ3) is 5.79. The van der Waals surface area contributed by atoms with E-state index in [0.717, 1.165) is 12.0 Å². The lowest BCUT2D eigenvalue weighted by Gasteiger charge is -2.24. The van der Waals surface area contributed by atoms with Crippen molar-refractivity contribution >= 4 is 29.0 Å². The highest BCUT2D eigenvalue weighted by atomic mass is 16.6. The summed E-state index contributed by atoms with van der Waals surface area (Å²) < 4.78 is 7.82. The van der Waals surface area contributed by atoms with Gasteiger partial charge >= 0.3 is 6.09 Å². The van der Waals surface area contributed by atoms with Crippen molar-refractivity contribution < 1.29 is 14.3 Å². The number of fused-ring (bicyclic) bond motifs is 1. The van der Waals surface area contributed by atoms with E-state index in [0.29, 0.717) is 32.1 Å². The fraction of sp³-hybridized carbons (Fsp3) is 0.556. The van der Waals surface area contributed by atoms with E-state index in [4.69, 9.17) is 4.74 Å². The van der Waals surface area contributed by atoms with Crippen LogP contribution in [0.2, 0.25) is 0 Å². The number of rotatable bonds is 6. The van der Waals surface area contributed by atoms with Gasteiger partial charge in [-0.15, -0.1) is 0 Å². The third-order valence-corrected chi connectivity index (χ3v) is 6.06. The summed E-state index contributed by atoms with van der Waals surface area (Å²) in [6.07, 6.45) is 3.48. The van der Waals surface area contributed by atoms with Gasteiger partial charge in [0.1, 0.15) is 5.60 Å². The van der Waals surface area contributed by atoms with Gasteiger partial charge in [-0.25, -0.2) is 4.79 Å². The molecule has 6 heteroatoms. The van der Waals surface area contributed by atoms with Gasteiger partial charge in [0, 0.05) is 42.3 Å². The Hall–Kier alpha value is -2.76. The summed E-state index contributed by atoms with van der Waals surface area (Å²) in [5, 5.41) is 4.37. The lowest BCUT2D eigenvalue weighted by Crippen LogP contribution is -2.37. The van der Waals surface area contributed by atoms with E-state index in [1.807, 2.05) is 20.8 Å². The maximum absolute atomic E-state index is 12.8. The summed E-state index contributed by atoms with van der Waals surface area (Å²) in [4.78, 5) is 26.7. The molecule has 0 aliphatic carbocycles. The number of likely N-dealkylation sites (tertiary alicyclic amines) is 1. The number of aryl methyl sites for hydroxylation is 1. The average molecular weight is 454 g/mol. The highest BCUT2D eigenvalue weighted by Crippen LogP contribution is 2.31. The number of ether oxygens (including phenoxy) is 1. The van der Waals surface area contributed by atoms with Crippen LogP contribution < -0.4 is 5.32 Å². The van der Waals surface area contributed by atoms with E-state index in [1.165, 1.54) is 22.2 Å². The molecule has 180 valence electrons. The SMILES string of the molecule is CCc1c(/C=C(/C)CNC(=O)C2CCN(C(=O)OC(C)(C)C)C2)n(C(C)C)c2ccccc12. The molecule has 2 heterocycles. The molecular formula is C27H39N3O3. The van der Waals surface area contributed by atoms with E-state index < -0.39 is 5.60 Å². The summed E-state index contributed by atoms with van der Waals surface area (Å²) >= 11 is 0. The molecule has 3 rings (SSSR count). The quantitative estimate of drug-likeness (QED) is 0.623. The molecular weight excluding hydrogens is 414 g/mol. The third-order valence-electron chi connectivity index (χ3n) is 6.06. The first-order valence-corrected chi connectivity index (χ1v) is 12.1. The highest BCUT2D eigenvalue weighted by molar-refractivity contribution is 5.88. The topological polar surface area (TPSA) is 63.6 Å². The molecule has 33 heavy (non-hydrogen) atoms. The molecule has 1 aromatic carbocycles. The molecule has 6 nitrogen and oxygen atoms in total. The molecule has 2 amide bonds. The van der Waals surface area contributed by atoms with Crippen LogP contribution in [0.5, 0.6) is 0 Å². The van der Waals surface area contributed by atoms with Crippen LogP contribution >= 0.6 is 0 Å². The first-order chi connectivity index (χ1) is 15.5. The van der Waals surface area contributed by atoms with Crippen molar-refractivity contribution in [2.75, 3.05) is 19.6 Å². The van der Waals surface area contributed by atoms with Crippen molar-refractivity contribution in [3.8, 4) is 0 Å². The van der Waals surface area contributed by atoms with Crippen LogP contribution in [0.15, 0.2) is 29.8 Å². The van der Waals surface area contributed by atoms with Crippen LogP contribution in [0.4, 0.5) is 4.79 Å². The number of benzene rings is 1.